The van der Waals surface area contributed by atoms with Crippen molar-refractivity contribution in [3.63, 3.8) is 0 Å². The van der Waals surface area contributed by atoms with Crippen molar-refractivity contribution in [1.29, 1.82) is 0 Å². The van der Waals surface area contributed by atoms with Crippen LogP contribution in [0.5, 0.6) is 0 Å². The van der Waals surface area contributed by atoms with Crippen molar-refractivity contribution in [3.8, 4) is 0 Å². The Kier molecular flexibility index (Phi) is 6.74. The number of pyridine rings is 1. The van der Waals surface area contributed by atoms with Crippen LogP contribution in [0.1, 0.15) is 53.3 Å². The summed E-state index contributed by atoms with van der Waals surface area (Å²) >= 11 is 0. The molecular weight excluding hydrogens is 451 g/mol. The summed E-state index contributed by atoms with van der Waals surface area (Å²) in [5, 5.41) is 7.32. The van der Waals surface area contributed by atoms with Gasteiger partial charge >= 0.3 is 12.1 Å². The van der Waals surface area contributed by atoms with Gasteiger partial charge in [-0.1, -0.05) is 6.07 Å². The third-order valence-electron chi connectivity index (χ3n) is 6.11. The van der Waals surface area contributed by atoms with Gasteiger partial charge in [0, 0.05) is 24.2 Å². The number of hydrogen-bond acceptors (Lipinski definition) is 6. The number of alkyl halides is 3. The second-order valence-electron chi connectivity index (χ2n) is 8.52. The third kappa shape index (κ3) is 5.14. The molecule has 0 radical (unpaired) electrons. The van der Waals surface area contributed by atoms with E-state index in [2.05, 4.69) is 27.3 Å². The van der Waals surface area contributed by atoms with Crippen molar-refractivity contribution in [2.45, 2.75) is 44.3 Å². The van der Waals surface area contributed by atoms with Gasteiger partial charge in [-0.05, 0) is 58.1 Å². The number of fused-ring (bicyclic) bond motifs is 1. The third-order valence-corrected chi connectivity index (χ3v) is 6.11. The van der Waals surface area contributed by atoms with Gasteiger partial charge in [-0.25, -0.2) is 14.5 Å². The molecule has 1 atom stereocenters. The van der Waals surface area contributed by atoms with E-state index in [-0.39, 0.29) is 24.3 Å². The predicted octanol–water partition coefficient (Wildman–Crippen LogP) is 2.86. The van der Waals surface area contributed by atoms with Crippen LogP contribution in [0.25, 0.3) is 6.20 Å². The molecule has 2 aliphatic heterocycles. The van der Waals surface area contributed by atoms with E-state index >= 15 is 0 Å². The minimum atomic E-state index is -4.67. The van der Waals surface area contributed by atoms with Crippen LogP contribution >= 0.6 is 0 Å². The lowest BCUT2D eigenvalue weighted by Crippen LogP contribution is -2.42. The van der Waals surface area contributed by atoms with Crippen molar-refractivity contribution < 1.29 is 27.5 Å². The Labute approximate surface area is 194 Å². The number of hydrogen-bond donors (Lipinski definition) is 1. The summed E-state index contributed by atoms with van der Waals surface area (Å²) in [7, 11) is 2.08. The first-order valence-electron chi connectivity index (χ1n) is 11.2. The lowest BCUT2D eigenvalue weighted by Gasteiger charge is -2.27. The highest BCUT2D eigenvalue weighted by Gasteiger charge is 2.34. The Hall–Kier alpha value is -3.21. The van der Waals surface area contributed by atoms with E-state index in [1.165, 1.54) is 12.3 Å². The Balaban J connectivity index is 1.58. The lowest BCUT2D eigenvalue weighted by atomic mass is 9.93. The number of ether oxygens (including phenoxy) is 1. The van der Waals surface area contributed by atoms with Crippen LogP contribution in [-0.4, -0.2) is 64.3 Å². The van der Waals surface area contributed by atoms with Gasteiger partial charge in [-0.15, -0.1) is 0 Å². The van der Waals surface area contributed by atoms with Crippen molar-refractivity contribution in [3.05, 3.63) is 52.6 Å². The molecule has 8 nitrogen and oxygen atoms in total. The molecule has 182 valence electrons. The van der Waals surface area contributed by atoms with Gasteiger partial charge in [0.15, 0.2) is 0 Å². The average Bonchev–Trinajstić information content (AvgIpc) is 3.21. The number of halogens is 3. The van der Waals surface area contributed by atoms with Gasteiger partial charge < -0.3 is 15.0 Å². The molecule has 1 unspecified atom stereocenters. The van der Waals surface area contributed by atoms with Crippen molar-refractivity contribution >= 4 is 18.1 Å². The number of carbonyl (C=O) groups excluding carboxylic acids is 2. The number of nitrogens with zero attached hydrogens (tertiary/aromatic N) is 4. The fourth-order valence-electron chi connectivity index (χ4n) is 4.25. The number of nitrogens with one attached hydrogen (secondary N) is 1. The van der Waals surface area contributed by atoms with Crippen molar-refractivity contribution in [1.82, 2.24) is 25.0 Å². The largest absolute Gasteiger partial charge is 0.463 e. The molecule has 0 aromatic carbocycles. The number of piperidine rings is 1. The monoisotopic (exact) mass is 477 g/mol. The van der Waals surface area contributed by atoms with Gasteiger partial charge in [0.2, 0.25) is 0 Å². The molecule has 1 amide bonds. The first-order chi connectivity index (χ1) is 16.2. The number of aromatic nitrogens is 3. The molecule has 1 fully saturated rings. The van der Waals surface area contributed by atoms with Gasteiger partial charge in [0.05, 0.1) is 23.9 Å². The zero-order valence-electron chi connectivity index (χ0n) is 18.9. The highest BCUT2D eigenvalue weighted by Crippen LogP contribution is 2.30. The van der Waals surface area contributed by atoms with Crippen LogP contribution in [0.2, 0.25) is 0 Å². The summed E-state index contributed by atoms with van der Waals surface area (Å²) < 4.78 is 45.8. The Morgan fingerprint density at radius 1 is 1.24 bits per heavy atom. The maximum atomic E-state index is 13.0. The summed E-state index contributed by atoms with van der Waals surface area (Å²) in [5.74, 6) is -1.13. The van der Waals surface area contributed by atoms with E-state index in [1.54, 1.807) is 11.6 Å². The van der Waals surface area contributed by atoms with Crippen LogP contribution in [0, 0.1) is 0 Å². The fraction of sp³-hybridized carbons (Fsp3) is 0.478. The van der Waals surface area contributed by atoms with Gasteiger partial charge in [0.1, 0.15) is 11.4 Å². The molecule has 0 spiro atoms. The lowest BCUT2D eigenvalue weighted by molar-refractivity contribution is -0.141. The quantitative estimate of drug-likeness (QED) is 0.667. The molecule has 0 bridgehead atoms. The number of amides is 1. The van der Waals surface area contributed by atoms with E-state index in [9.17, 15) is 22.8 Å². The molecule has 2 aromatic rings. The Bertz CT molecular complexity index is 1100. The van der Waals surface area contributed by atoms with Crippen LogP contribution < -0.4 is 5.32 Å². The number of carbonyl (C=O) groups is 2. The standard InChI is InChI=1S/C23H26F3N5O3/c1-3-34-22(33)16-13-31-15(11-18(29-31)14-7-9-30(2)10-8-14)12-19(16)28-21(32)17-5-4-6-20(27-17)23(24,25)26/h4-6,11,13-14,19H,3,7-10,12H2,1-2H3,(H,28,32). The van der Waals surface area contributed by atoms with Crippen molar-refractivity contribution in [2.75, 3.05) is 26.7 Å². The normalized spacial score (nSPS) is 19.3. The molecule has 0 saturated carbocycles. The summed E-state index contributed by atoms with van der Waals surface area (Å²) in [5.41, 5.74) is 0.348. The molecule has 1 saturated heterocycles. The van der Waals surface area contributed by atoms with Crippen LogP contribution in [0.15, 0.2) is 29.8 Å². The molecule has 1 N–H and O–H groups in total. The summed E-state index contributed by atoms with van der Waals surface area (Å²) in [4.78, 5) is 31.1. The SMILES string of the molecule is CCOC(=O)C1=Cn2nc(C3CCN(C)CC3)cc2CC1NC(=O)c1cccc(C(F)(F)F)n1. The molecule has 2 aliphatic rings. The molecule has 0 aliphatic carbocycles. The Morgan fingerprint density at radius 3 is 2.65 bits per heavy atom. The molecular formula is C23H26F3N5O3. The average molecular weight is 477 g/mol. The summed E-state index contributed by atoms with van der Waals surface area (Å²) in [6, 6.07) is 4.29. The second kappa shape index (κ2) is 9.57. The van der Waals surface area contributed by atoms with E-state index < -0.39 is 29.8 Å². The first-order valence-corrected chi connectivity index (χ1v) is 11.2. The van der Waals surface area contributed by atoms with E-state index in [0.29, 0.717) is 5.92 Å². The molecule has 4 rings (SSSR count). The molecule has 2 aromatic heterocycles. The maximum absolute atomic E-state index is 13.0. The minimum Gasteiger partial charge on any atom is -0.463 e. The molecule has 4 heterocycles. The minimum absolute atomic E-state index is 0.138. The smallest absolute Gasteiger partial charge is 0.433 e. The van der Waals surface area contributed by atoms with Gasteiger partial charge in [0.25, 0.3) is 5.91 Å². The fourth-order valence-corrected chi connectivity index (χ4v) is 4.25. The highest BCUT2D eigenvalue weighted by atomic mass is 19.4. The summed E-state index contributed by atoms with van der Waals surface area (Å²) in [6.07, 6.45) is -0.950. The maximum Gasteiger partial charge on any atom is 0.433 e. The molecule has 11 heteroatoms. The number of esters is 1. The number of likely N-dealkylation sites (tertiary alicyclic amines) is 1. The van der Waals surface area contributed by atoms with E-state index in [1.807, 2.05) is 6.07 Å². The van der Waals surface area contributed by atoms with E-state index in [4.69, 9.17) is 4.74 Å². The van der Waals surface area contributed by atoms with Gasteiger partial charge in [-0.2, -0.15) is 18.3 Å². The number of rotatable bonds is 5. The van der Waals surface area contributed by atoms with Crippen LogP contribution in [0.3, 0.4) is 0 Å². The predicted molar refractivity (Wildman–Crippen MR) is 117 cm³/mol. The zero-order valence-corrected chi connectivity index (χ0v) is 18.9. The van der Waals surface area contributed by atoms with Crippen molar-refractivity contribution in [2.24, 2.45) is 0 Å². The Morgan fingerprint density at radius 2 is 1.97 bits per heavy atom. The highest BCUT2D eigenvalue weighted by molar-refractivity contribution is 5.97. The second-order valence-corrected chi connectivity index (χ2v) is 8.52. The zero-order chi connectivity index (χ0) is 24.5. The van der Waals surface area contributed by atoms with Crippen LogP contribution in [-0.2, 0) is 22.1 Å². The first kappa shape index (κ1) is 23.9. The topological polar surface area (TPSA) is 89.4 Å². The molecule has 34 heavy (non-hydrogen) atoms. The van der Waals surface area contributed by atoms with Crippen LogP contribution in [0.4, 0.5) is 13.2 Å². The summed E-state index contributed by atoms with van der Waals surface area (Å²) in [6.45, 7) is 3.75. The van der Waals surface area contributed by atoms with Gasteiger partial charge in [-0.3, -0.25) is 4.79 Å². The van der Waals surface area contributed by atoms with E-state index in [0.717, 1.165) is 49.5 Å².